The van der Waals surface area contributed by atoms with Gasteiger partial charge in [-0.25, -0.2) is 4.39 Å². The predicted octanol–water partition coefficient (Wildman–Crippen LogP) is 1.71. The van der Waals surface area contributed by atoms with Crippen LogP contribution in [0.25, 0.3) is 0 Å². The predicted molar refractivity (Wildman–Crippen MR) is 69.0 cm³/mol. The zero-order chi connectivity index (χ0) is 14.1. The number of rotatable bonds is 2. The normalized spacial score (nSPS) is 13.8. The van der Waals surface area contributed by atoms with Crippen LogP contribution in [-0.2, 0) is 13.0 Å². The first kappa shape index (κ1) is 12.6. The molecule has 104 valence electrons. The molecule has 0 radical (unpaired) electrons. The summed E-state index contributed by atoms with van der Waals surface area (Å²) in [6, 6.07) is 3.39. The molecule has 2 heterocycles. The number of carbonyl (C=O) groups excluding carboxylic acids is 1. The van der Waals surface area contributed by atoms with Crippen LogP contribution in [0.3, 0.4) is 0 Å². The van der Waals surface area contributed by atoms with Crippen molar-refractivity contribution in [3.63, 3.8) is 0 Å². The van der Waals surface area contributed by atoms with Crippen LogP contribution in [-0.4, -0.2) is 25.8 Å². The Morgan fingerprint density at radius 2 is 2.20 bits per heavy atom. The van der Waals surface area contributed by atoms with E-state index in [4.69, 9.17) is 5.11 Å². The molecule has 6 nitrogen and oxygen atoms in total. The number of phenols is 1. The van der Waals surface area contributed by atoms with Crippen LogP contribution in [0.2, 0.25) is 0 Å². The van der Waals surface area contributed by atoms with Crippen molar-refractivity contribution in [3.05, 3.63) is 35.4 Å². The Morgan fingerprint density at radius 1 is 1.35 bits per heavy atom. The Morgan fingerprint density at radius 3 is 3.00 bits per heavy atom. The second kappa shape index (κ2) is 4.92. The summed E-state index contributed by atoms with van der Waals surface area (Å²) < 4.78 is 15.4. The van der Waals surface area contributed by atoms with Gasteiger partial charge in [0.05, 0.1) is 5.56 Å². The first-order valence-electron chi connectivity index (χ1n) is 6.37. The van der Waals surface area contributed by atoms with Gasteiger partial charge in [0.2, 0.25) is 5.95 Å². The maximum Gasteiger partial charge on any atom is 0.260 e. The largest absolute Gasteiger partial charge is 0.508 e. The van der Waals surface area contributed by atoms with Gasteiger partial charge >= 0.3 is 0 Å². The van der Waals surface area contributed by atoms with E-state index in [1.54, 1.807) is 0 Å². The van der Waals surface area contributed by atoms with E-state index in [9.17, 15) is 9.18 Å². The van der Waals surface area contributed by atoms with Gasteiger partial charge in [0, 0.05) is 19.0 Å². The lowest BCUT2D eigenvalue weighted by atomic mass is 10.2. The van der Waals surface area contributed by atoms with E-state index < -0.39 is 11.7 Å². The van der Waals surface area contributed by atoms with E-state index in [1.165, 1.54) is 12.1 Å². The molecule has 1 aliphatic rings. The van der Waals surface area contributed by atoms with Crippen molar-refractivity contribution in [2.24, 2.45) is 0 Å². The first-order chi connectivity index (χ1) is 9.65. The summed E-state index contributed by atoms with van der Waals surface area (Å²) in [4.78, 5) is 12.0. The summed E-state index contributed by atoms with van der Waals surface area (Å²) in [5, 5.41) is 19.6. The van der Waals surface area contributed by atoms with E-state index in [0.717, 1.165) is 37.7 Å². The number of aromatic hydroxyl groups is 1. The number of halogens is 1. The highest BCUT2D eigenvalue weighted by atomic mass is 19.1. The number of aryl methyl sites for hydroxylation is 1. The van der Waals surface area contributed by atoms with Crippen LogP contribution >= 0.6 is 0 Å². The van der Waals surface area contributed by atoms with E-state index >= 15 is 0 Å². The monoisotopic (exact) mass is 276 g/mol. The number of hydrogen-bond donors (Lipinski definition) is 2. The Kier molecular flexibility index (Phi) is 3.09. The second-order valence-electron chi connectivity index (χ2n) is 4.67. The lowest BCUT2D eigenvalue weighted by Crippen LogP contribution is -2.19. The molecule has 0 bridgehead atoms. The molecule has 0 unspecified atom stereocenters. The number of anilines is 1. The molecule has 0 saturated heterocycles. The summed E-state index contributed by atoms with van der Waals surface area (Å²) in [7, 11) is 0. The average molecular weight is 276 g/mol. The van der Waals surface area contributed by atoms with Crippen molar-refractivity contribution in [1.29, 1.82) is 0 Å². The van der Waals surface area contributed by atoms with Crippen molar-refractivity contribution in [3.8, 4) is 5.75 Å². The number of benzene rings is 1. The lowest BCUT2D eigenvalue weighted by Gasteiger charge is -2.14. The second-order valence-corrected chi connectivity index (χ2v) is 4.67. The van der Waals surface area contributed by atoms with Crippen LogP contribution in [0, 0.1) is 5.82 Å². The summed E-state index contributed by atoms with van der Waals surface area (Å²) in [5.41, 5.74) is -0.143. The molecule has 20 heavy (non-hydrogen) atoms. The highest BCUT2D eigenvalue weighted by Crippen LogP contribution is 2.19. The van der Waals surface area contributed by atoms with Crippen LogP contribution in [0.4, 0.5) is 10.3 Å². The molecule has 0 spiro atoms. The van der Waals surface area contributed by atoms with E-state index in [2.05, 4.69) is 15.5 Å². The van der Waals surface area contributed by atoms with Crippen molar-refractivity contribution >= 4 is 11.9 Å². The molecule has 3 rings (SSSR count). The summed E-state index contributed by atoms with van der Waals surface area (Å²) in [5.74, 6) is -0.446. The van der Waals surface area contributed by atoms with E-state index in [-0.39, 0.29) is 11.3 Å². The van der Waals surface area contributed by atoms with Gasteiger partial charge in [-0.2, -0.15) is 0 Å². The van der Waals surface area contributed by atoms with Gasteiger partial charge in [-0.05, 0) is 25.0 Å². The number of nitrogens with zero attached hydrogens (tertiary/aromatic N) is 3. The van der Waals surface area contributed by atoms with Gasteiger partial charge in [-0.15, -0.1) is 10.2 Å². The summed E-state index contributed by atoms with van der Waals surface area (Å²) in [6.07, 6.45) is 2.89. The standard InChI is InChI=1S/C13H13FN4O2/c14-10-7-8(19)4-5-9(10)12(20)15-13-17-16-11-3-1-2-6-18(11)13/h4-5,7,19H,1-3,6H2,(H,15,17,20). The van der Waals surface area contributed by atoms with Crippen molar-refractivity contribution in [1.82, 2.24) is 14.8 Å². The van der Waals surface area contributed by atoms with E-state index in [1.807, 2.05) is 4.57 Å². The van der Waals surface area contributed by atoms with Crippen LogP contribution in [0.1, 0.15) is 29.0 Å². The summed E-state index contributed by atoms with van der Waals surface area (Å²) in [6.45, 7) is 0.746. The quantitative estimate of drug-likeness (QED) is 0.875. The molecule has 1 amide bonds. The van der Waals surface area contributed by atoms with E-state index in [0.29, 0.717) is 5.95 Å². The topological polar surface area (TPSA) is 80.0 Å². The maximum atomic E-state index is 13.6. The number of fused-ring (bicyclic) bond motifs is 1. The van der Waals surface area contributed by atoms with Crippen molar-refractivity contribution in [2.75, 3.05) is 5.32 Å². The fraction of sp³-hybridized carbons (Fsp3) is 0.308. The average Bonchev–Trinajstić information content (AvgIpc) is 2.82. The maximum absolute atomic E-state index is 13.6. The molecule has 0 aliphatic carbocycles. The molecule has 1 aromatic heterocycles. The number of carbonyl (C=O) groups is 1. The minimum absolute atomic E-state index is 0.143. The third kappa shape index (κ3) is 2.22. The zero-order valence-corrected chi connectivity index (χ0v) is 10.6. The molecule has 2 aromatic rings. The minimum Gasteiger partial charge on any atom is -0.508 e. The Labute approximate surface area is 114 Å². The smallest absolute Gasteiger partial charge is 0.260 e. The molecule has 7 heteroatoms. The molecule has 1 aromatic carbocycles. The van der Waals surface area contributed by atoms with Gasteiger partial charge in [0.15, 0.2) is 0 Å². The molecule has 2 N–H and O–H groups in total. The summed E-state index contributed by atoms with van der Waals surface area (Å²) >= 11 is 0. The number of nitrogens with one attached hydrogen (secondary N) is 1. The molecular formula is C13H13FN4O2. The first-order valence-corrected chi connectivity index (χ1v) is 6.37. The van der Waals surface area contributed by atoms with Crippen molar-refractivity contribution < 1.29 is 14.3 Å². The molecule has 1 aliphatic heterocycles. The van der Waals surface area contributed by atoms with Gasteiger partial charge in [-0.3, -0.25) is 14.7 Å². The van der Waals surface area contributed by atoms with Gasteiger partial charge in [0.25, 0.3) is 5.91 Å². The van der Waals surface area contributed by atoms with Gasteiger partial charge < -0.3 is 5.11 Å². The molecule has 0 saturated carbocycles. The highest BCUT2D eigenvalue weighted by molar-refractivity contribution is 6.03. The fourth-order valence-electron chi connectivity index (χ4n) is 2.26. The Balaban J connectivity index is 1.84. The zero-order valence-electron chi connectivity index (χ0n) is 10.6. The van der Waals surface area contributed by atoms with Gasteiger partial charge in [-0.1, -0.05) is 0 Å². The fourth-order valence-corrected chi connectivity index (χ4v) is 2.26. The molecular weight excluding hydrogens is 263 g/mol. The van der Waals surface area contributed by atoms with Crippen LogP contribution < -0.4 is 5.32 Å². The Hall–Kier alpha value is -2.44. The van der Waals surface area contributed by atoms with Gasteiger partial charge in [0.1, 0.15) is 17.4 Å². The van der Waals surface area contributed by atoms with Crippen molar-refractivity contribution in [2.45, 2.75) is 25.8 Å². The minimum atomic E-state index is -0.777. The SMILES string of the molecule is O=C(Nc1nnc2n1CCCC2)c1ccc(O)cc1F. The van der Waals surface area contributed by atoms with Crippen LogP contribution in [0.5, 0.6) is 5.75 Å². The third-order valence-corrected chi connectivity index (χ3v) is 3.28. The number of hydrogen-bond acceptors (Lipinski definition) is 4. The lowest BCUT2D eigenvalue weighted by molar-refractivity contribution is 0.102. The number of aromatic nitrogens is 3. The number of phenolic OH excluding ortho intramolecular Hbond substituents is 1. The van der Waals surface area contributed by atoms with Crippen LogP contribution in [0.15, 0.2) is 18.2 Å². The molecule has 0 fully saturated rings. The Bertz CT molecular complexity index is 668. The third-order valence-electron chi connectivity index (χ3n) is 3.28. The number of amides is 1. The highest BCUT2D eigenvalue weighted by Gasteiger charge is 2.19. The molecule has 0 atom stereocenters.